The van der Waals surface area contributed by atoms with E-state index in [1.807, 2.05) is 53.4 Å². The molecule has 0 atom stereocenters. The summed E-state index contributed by atoms with van der Waals surface area (Å²) in [6.45, 7) is 0.394. The van der Waals surface area contributed by atoms with Crippen LogP contribution in [0.15, 0.2) is 48.8 Å². The monoisotopic (exact) mass is 344 g/mol. The number of nitrogens with zero attached hydrogens (tertiary/aromatic N) is 2. The lowest BCUT2D eigenvalue weighted by atomic mass is 10.2. The highest BCUT2D eigenvalue weighted by atomic mass is 35.5. The third kappa shape index (κ3) is 3.46. The molecule has 2 aromatic heterocycles. The molecule has 4 nitrogen and oxygen atoms in total. The van der Waals surface area contributed by atoms with Crippen LogP contribution >= 0.6 is 22.9 Å². The molecule has 0 unspecified atom stereocenters. The van der Waals surface area contributed by atoms with Gasteiger partial charge in [-0.05, 0) is 29.8 Å². The molecule has 6 heteroatoms. The van der Waals surface area contributed by atoms with Crippen molar-refractivity contribution < 1.29 is 9.78 Å². The Hall–Kier alpha value is -2.10. The zero-order valence-corrected chi connectivity index (χ0v) is 13.9. The zero-order valence-electron chi connectivity index (χ0n) is 12.3. The molecule has 3 aromatic rings. The highest BCUT2D eigenvalue weighted by Crippen LogP contribution is 2.34. The fourth-order valence-corrected chi connectivity index (χ4v) is 3.31. The fourth-order valence-electron chi connectivity index (χ4n) is 2.24. The Labute approximate surface area is 143 Å². The smallest absolute Gasteiger partial charge is 0.107 e. The Morgan fingerprint density at radius 3 is 2.57 bits per heavy atom. The summed E-state index contributed by atoms with van der Waals surface area (Å²) >= 11 is 7.46. The first kappa shape index (κ1) is 15.8. The van der Waals surface area contributed by atoms with Crippen molar-refractivity contribution in [2.45, 2.75) is 6.61 Å². The largest absolute Gasteiger partial charge is 0.322 e. The summed E-state index contributed by atoms with van der Waals surface area (Å²) in [4.78, 5) is 10.5. The number of rotatable bonds is 5. The highest BCUT2D eigenvalue weighted by molar-refractivity contribution is 7.19. The lowest BCUT2D eigenvalue weighted by molar-refractivity contribution is -0.282. The summed E-state index contributed by atoms with van der Waals surface area (Å²) in [5, 5.41) is 9.37. The Balaban J connectivity index is 1.92. The molecule has 3 rings (SSSR count). The molecule has 0 aliphatic carbocycles. The number of aromatic nitrogens is 1. The molecule has 0 fully saturated rings. The number of thiophene rings is 1. The van der Waals surface area contributed by atoms with Crippen molar-refractivity contribution in [3.8, 4) is 22.2 Å². The molecule has 0 N–H and O–H groups in total. The van der Waals surface area contributed by atoms with Crippen molar-refractivity contribution in [2.75, 3.05) is 7.11 Å². The second-order valence-corrected chi connectivity index (χ2v) is 6.52. The van der Waals surface area contributed by atoms with E-state index < -0.39 is 0 Å². The van der Waals surface area contributed by atoms with E-state index in [1.54, 1.807) is 0 Å². The molecule has 1 aromatic carbocycles. The number of nitriles is 1. The lowest BCUT2D eigenvalue weighted by Gasteiger charge is -2.05. The molecule has 0 saturated heterocycles. The van der Waals surface area contributed by atoms with E-state index in [0.29, 0.717) is 16.5 Å². The van der Waals surface area contributed by atoms with Gasteiger partial charge in [0.05, 0.1) is 17.0 Å². The topological polar surface area (TPSA) is 47.2 Å². The summed E-state index contributed by atoms with van der Waals surface area (Å²) in [6, 6.07) is 13.9. The molecule has 0 saturated carbocycles. The van der Waals surface area contributed by atoms with Gasteiger partial charge in [-0.15, -0.1) is 11.3 Å². The minimum Gasteiger partial charge on any atom is -0.322 e. The zero-order chi connectivity index (χ0) is 16.2. The van der Waals surface area contributed by atoms with Gasteiger partial charge in [-0.1, -0.05) is 23.7 Å². The maximum absolute atomic E-state index is 9.37. The summed E-state index contributed by atoms with van der Waals surface area (Å²) in [6.07, 6.45) is 3.77. The molecule has 116 valence electrons. The third-order valence-corrected chi connectivity index (χ3v) is 4.63. The van der Waals surface area contributed by atoms with Crippen molar-refractivity contribution in [1.29, 1.82) is 5.26 Å². The Bertz CT molecular complexity index is 846. The van der Waals surface area contributed by atoms with Gasteiger partial charge in [-0.25, -0.2) is 9.78 Å². The maximum Gasteiger partial charge on any atom is 0.107 e. The summed E-state index contributed by atoms with van der Waals surface area (Å²) < 4.78 is 2.64. The van der Waals surface area contributed by atoms with Gasteiger partial charge < -0.3 is 4.57 Å². The molecule has 0 radical (unpaired) electrons. The van der Waals surface area contributed by atoms with Gasteiger partial charge in [0, 0.05) is 28.5 Å². The van der Waals surface area contributed by atoms with Gasteiger partial charge in [-0.3, -0.25) is 0 Å². The normalized spacial score (nSPS) is 10.7. The summed E-state index contributed by atoms with van der Waals surface area (Å²) in [7, 11) is 1.48. The molecule has 0 amide bonds. The molecule has 2 heterocycles. The fraction of sp³-hybridized carbons (Fsp3) is 0.118. The van der Waals surface area contributed by atoms with Gasteiger partial charge in [-0.2, -0.15) is 5.26 Å². The van der Waals surface area contributed by atoms with E-state index in [-0.39, 0.29) is 0 Å². The highest BCUT2D eigenvalue weighted by Gasteiger charge is 2.12. The van der Waals surface area contributed by atoms with Crippen molar-refractivity contribution >= 4 is 22.9 Å². The third-order valence-electron chi connectivity index (χ3n) is 3.36. The standard InChI is InChI=1S/C17H13ClN2O2S/c1-21-22-11-12-2-4-14(5-3-12)20-9-13(8-19)15(10-20)16-6-7-17(18)23-16/h2-7,9-10H,11H2,1H3. The van der Waals surface area contributed by atoms with Crippen molar-refractivity contribution in [3.63, 3.8) is 0 Å². The van der Waals surface area contributed by atoms with E-state index in [1.165, 1.54) is 18.4 Å². The average Bonchev–Trinajstić information content (AvgIpc) is 3.19. The van der Waals surface area contributed by atoms with Crippen LogP contribution in [0.3, 0.4) is 0 Å². The van der Waals surface area contributed by atoms with Gasteiger partial charge in [0.15, 0.2) is 0 Å². The van der Waals surface area contributed by atoms with Crippen molar-refractivity contribution in [2.24, 2.45) is 0 Å². The average molecular weight is 345 g/mol. The maximum atomic E-state index is 9.37. The van der Waals surface area contributed by atoms with Gasteiger partial charge in [0.2, 0.25) is 0 Å². The number of halogens is 1. The second-order valence-electron chi connectivity index (χ2n) is 4.80. The quantitative estimate of drug-likeness (QED) is 0.493. The van der Waals surface area contributed by atoms with E-state index in [2.05, 4.69) is 11.0 Å². The van der Waals surface area contributed by atoms with Crippen LogP contribution in [0.4, 0.5) is 0 Å². The molecule has 0 aliphatic heterocycles. The lowest BCUT2D eigenvalue weighted by Crippen LogP contribution is -1.93. The van der Waals surface area contributed by atoms with Crippen LogP contribution in [-0.4, -0.2) is 11.7 Å². The Kier molecular flexibility index (Phi) is 4.79. The van der Waals surface area contributed by atoms with Crippen LogP contribution in [0, 0.1) is 11.3 Å². The van der Waals surface area contributed by atoms with Crippen LogP contribution in [0.2, 0.25) is 4.34 Å². The van der Waals surface area contributed by atoms with E-state index in [4.69, 9.17) is 16.5 Å². The number of benzene rings is 1. The first-order valence-corrected chi connectivity index (χ1v) is 8.03. The molecule has 0 spiro atoms. The van der Waals surface area contributed by atoms with Crippen LogP contribution in [0.5, 0.6) is 0 Å². The molecular formula is C17H13ClN2O2S. The number of hydrogen-bond acceptors (Lipinski definition) is 4. The van der Waals surface area contributed by atoms with E-state index in [0.717, 1.165) is 21.7 Å². The van der Waals surface area contributed by atoms with Gasteiger partial charge in [0.1, 0.15) is 12.7 Å². The van der Waals surface area contributed by atoms with Crippen LogP contribution in [0.1, 0.15) is 11.1 Å². The van der Waals surface area contributed by atoms with E-state index in [9.17, 15) is 5.26 Å². The summed E-state index contributed by atoms with van der Waals surface area (Å²) in [5.41, 5.74) is 3.48. The first-order chi connectivity index (χ1) is 11.2. The Morgan fingerprint density at radius 1 is 1.17 bits per heavy atom. The Morgan fingerprint density at radius 2 is 1.96 bits per heavy atom. The number of hydrogen-bond donors (Lipinski definition) is 0. The van der Waals surface area contributed by atoms with Gasteiger partial charge >= 0.3 is 0 Å². The SMILES string of the molecule is COOCc1ccc(-n2cc(C#N)c(-c3ccc(Cl)s3)c2)cc1. The van der Waals surface area contributed by atoms with Crippen molar-refractivity contribution in [3.05, 3.63) is 64.3 Å². The molecule has 0 aliphatic rings. The molecular weight excluding hydrogens is 332 g/mol. The minimum atomic E-state index is 0.394. The van der Waals surface area contributed by atoms with Crippen LogP contribution in [-0.2, 0) is 16.4 Å². The van der Waals surface area contributed by atoms with E-state index >= 15 is 0 Å². The predicted molar refractivity (Wildman–Crippen MR) is 90.6 cm³/mol. The first-order valence-electron chi connectivity index (χ1n) is 6.84. The minimum absolute atomic E-state index is 0.394. The summed E-state index contributed by atoms with van der Waals surface area (Å²) in [5.74, 6) is 0. The second kappa shape index (κ2) is 6.99. The molecule has 23 heavy (non-hydrogen) atoms. The van der Waals surface area contributed by atoms with Crippen LogP contribution in [0.25, 0.3) is 16.1 Å². The molecule has 0 bridgehead atoms. The van der Waals surface area contributed by atoms with Crippen LogP contribution < -0.4 is 0 Å². The van der Waals surface area contributed by atoms with Crippen molar-refractivity contribution in [1.82, 2.24) is 4.57 Å². The predicted octanol–water partition coefficient (Wildman–Crippen LogP) is 4.81. The van der Waals surface area contributed by atoms with Gasteiger partial charge in [0.25, 0.3) is 0 Å².